The van der Waals surface area contributed by atoms with Crippen molar-refractivity contribution in [2.24, 2.45) is 5.92 Å². The predicted molar refractivity (Wildman–Crippen MR) is 135 cm³/mol. The standard InChI is InChI=1S/C27H41F2N3O5/c1-2-3-9-37-22-15-23(30-16-22)26(35)24(12-18-10-20(28)14-21(29)11-18)31-27(36)19-13-25(34)32(17-19)7-5-4-6-8-33/h10-11,14,19,22-24,26,30,33,35H,2-9,12-13,15-17H2,1H3,(H,31,36)/t19?,22-,23-,24+,26-/m1/s1. The van der Waals surface area contributed by atoms with Crippen LogP contribution in [0, 0.1) is 17.6 Å². The first kappa shape index (κ1) is 29.4. The lowest BCUT2D eigenvalue weighted by atomic mass is 9.94. The maximum Gasteiger partial charge on any atom is 0.225 e. The lowest BCUT2D eigenvalue weighted by molar-refractivity contribution is -0.129. The van der Waals surface area contributed by atoms with Crippen molar-refractivity contribution in [3.63, 3.8) is 0 Å². The fourth-order valence-electron chi connectivity index (χ4n) is 5.09. The number of carbonyl (C=O) groups excluding carboxylic acids is 2. The molecular formula is C27H41F2N3O5. The Morgan fingerprint density at radius 2 is 1.97 bits per heavy atom. The Kier molecular flexibility index (Phi) is 11.7. The SMILES string of the molecule is CCCCO[C@H]1CN[C@@H]([C@@H](O)[C@H](Cc2cc(F)cc(F)c2)NC(=O)C2CC(=O)N(CCCCCO)C2)C1. The van der Waals surface area contributed by atoms with Crippen LogP contribution in [0.4, 0.5) is 8.78 Å². The first-order valence-corrected chi connectivity index (χ1v) is 13.5. The number of ether oxygens (including phenoxy) is 1. The molecule has 0 bridgehead atoms. The van der Waals surface area contributed by atoms with E-state index in [-0.39, 0.29) is 50.0 Å². The van der Waals surface area contributed by atoms with Gasteiger partial charge in [-0.05, 0) is 56.2 Å². The Bertz CT molecular complexity index is 869. The zero-order valence-corrected chi connectivity index (χ0v) is 21.6. The number of rotatable bonds is 15. The summed E-state index contributed by atoms with van der Waals surface area (Å²) < 4.78 is 33.6. The summed E-state index contributed by atoms with van der Waals surface area (Å²) in [4.78, 5) is 27.3. The van der Waals surface area contributed by atoms with Gasteiger partial charge in [-0.25, -0.2) is 8.78 Å². The summed E-state index contributed by atoms with van der Waals surface area (Å²) in [6.07, 6.45) is 3.78. The van der Waals surface area contributed by atoms with Gasteiger partial charge in [0.15, 0.2) is 0 Å². The van der Waals surface area contributed by atoms with Crippen molar-refractivity contribution in [1.29, 1.82) is 0 Å². The first-order chi connectivity index (χ1) is 17.8. The summed E-state index contributed by atoms with van der Waals surface area (Å²) in [5.74, 6) is -2.47. The molecule has 37 heavy (non-hydrogen) atoms. The van der Waals surface area contributed by atoms with Gasteiger partial charge in [0.25, 0.3) is 0 Å². The Labute approximate surface area is 217 Å². The molecule has 5 atom stereocenters. The Balaban J connectivity index is 1.65. The third-order valence-electron chi connectivity index (χ3n) is 7.18. The topological polar surface area (TPSA) is 111 Å². The molecule has 0 aromatic heterocycles. The molecule has 1 aromatic rings. The van der Waals surface area contributed by atoms with Crippen LogP contribution in [0.15, 0.2) is 18.2 Å². The van der Waals surface area contributed by atoms with Crippen LogP contribution in [0.25, 0.3) is 0 Å². The van der Waals surface area contributed by atoms with Crippen molar-refractivity contribution in [1.82, 2.24) is 15.5 Å². The number of carbonyl (C=O) groups is 2. The van der Waals surface area contributed by atoms with E-state index in [1.54, 1.807) is 4.90 Å². The van der Waals surface area contributed by atoms with Crippen molar-refractivity contribution in [3.05, 3.63) is 35.4 Å². The van der Waals surface area contributed by atoms with Gasteiger partial charge in [0, 0.05) is 51.4 Å². The number of nitrogens with one attached hydrogen (secondary N) is 2. The van der Waals surface area contributed by atoms with E-state index >= 15 is 0 Å². The molecular weight excluding hydrogens is 484 g/mol. The van der Waals surface area contributed by atoms with Gasteiger partial charge in [0.05, 0.1) is 24.2 Å². The van der Waals surface area contributed by atoms with Crippen molar-refractivity contribution in [2.45, 2.75) is 82.6 Å². The monoisotopic (exact) mass is 525 g/mol. The third kappa shape index (κ3) is 8.98. The van der Waals surface area contributed by atoms with E-state index in [4.69, 9.17) is 9.84 Å². The molecule has 0 radical (unpaired) electrons. The smallest absolute Gasteiger partial charge is 0.225 e. The van der Waals surface area contributed by atoms with Gasteiger partial charge in [0.2, 0.25) is 11.8 Å². The quantitative estimate of drug-likeness (QED) is 0.261. The summed E-state index contributed by atoms with van der Waals surface area (Å²) in [6.45, 7) is 4.22. The largest absolute Gasteiger partial charge is 0.396 e. The molecule has 8 nitrogen and oxygen atoms in total. The summed E-state index contributed by atoms with van der Waals surface area (Å²) in [5.41, 5.74) is 0.323. The van der Waals surface area contributed by atoms with Gasteiger partial charge in [-0.15, -0.1) is 0 Å². The van der Waals surface area contributed by atoms with Crippen LogP contribution in [0.5, 0.6) is 0 Å². The number of unbranched alkanes of at least 4 members (excludes halogenated alkanes) is 3. The second kappa shape index (κ2) is 14.7. The third-order valence-corrected chi connectivity index (χ3v) is 7.18. The minimum absolute atomic E-state index is 0.0344. The Morgan fingerprint density at radius 3 is 2.68 bits per heavy atom. The highest BCUT2D eigenvalue weighted by atomic mass is 19.1. The molecule has 2 aliphatic heterocycles. The van der Waals surface area contributed by atoms with Gasteiger partial charge < -0.3 is 30.5 Å². The van der Waals surface area contributed by atoms with Gasteiger partial charge in [-0.2, -0.15) is 0 Å². The minimum Gasteiger partial charge on any atom is -0.396 e. The van der Waals surface area contributed by atoms with Crippen LogP contribution in [0.3, 0.4) is 0 Å². The molecule has 2 fully saturated rings. The number of amides is 2. The molecule has 2 aliphatic rings. The number of nitrogens with zero attached hydrogens (tertiary/aromatic N) is 1. The zero-order valence-electron chi connectivity index (χ0n) is 21.6. The summed E-state index contributed by atoms with van der Waals surface area (Å²) in [5, 5.41) is 26.3. The fourth-order valence-corrected chi connectivity index (χ4v) is 5.09. The highest BCUT2D eigenvalue weighted by Gasteiger charge is 2.38. The molecule has 2 heterocycles. The first-order valence-electron chi connectivity index (χ1n) is 13.5. The summed E-state index contributed by atoms with van der Waals surface area (Å²) in [6, 6.07) is 2.00. The number of hydrogen-bond acceptors (Lipinski definition) is 6. The van der Waals surface area contributed by atoms with Crippen molar-refractivity contribution >= 4 is 11.8 Å². The van der Waals surface area contributed by atoms with Gasteiger partial charge in [-0.1, -0.05) is 13.3 Å². The zero-order chi connectivity index (χ0) is 26.8. The highest BCUT2D eigenvalue weighted by Crippen LogP contribution is 2.22. The average molecular weight is 526 g/mol. The molecule has 4 N–H and O–H groups in total. The molecule has 2 saturated heterocycles. The van der Waals surface area contributed by atoms with Crippen LogP contribution in [-0.2, 0) is 20.7 Å². The lowest BCUT2D eigenvalue weighted by Crippen LogP contribution is -2.53. The van der Waals surface area contributed by atoms with Gasteiger partial charge >= 0.3 is 0 Å². The molecule has 1 aromatic carbocycles. The maximum atomic E-state index is 13.8. The van der Waals surface area contributed by atoms with Crippen LogP contribution in [0.2, 0.25) is 0 Å². The number of benzene rings is 1. The highest BCUT2D eigenvalue weighted by molar-refractivity contribution is 5.89. The number of halogens is 2. The van der Waals surface area contributed by atoms with E-state index in [0.29, 0.717) is 38.1 Å². The number of aliphatic hydroxyl groups excluding tert-OH is 2. The van der Waals surface area contributed by atoms with E-state index in [1.807, 2.05) is 0 Å². The molecule has 0 aliphatic carbocycles. The van der Waals surface area contributed by atoms with Crippen LogP contribution >= 0.6 is 0 Å². The second-order valence-electron chi connectivity index (χ2n) is 10.2. The molecule has 208 valence electrons. The number of hydrogen-bond donors (Lipinski definition) is 4. The van der Waals surface area contributed by atoms with Crippen LogP contribution in [0.1, 0.15) is 57.4 Å². The Hall–Kier alpha value is -2.14. The number of aliphatic hydroxyl groups is 2. The molecule has 0 spiro atoms. The molecule has 0 saturated carbocycles. The van der Waals surface area contributed by atoms with Gasteiger partial charge in [-0.3, -0.25) is 9.59 Å². The summed E-state index contributed by atoms with van der Waals surface area (Å²) >= 11 is 0. The van der Waals surface area contributed by atoms with Crippen molar-refractivity contribution in [2.75, 3.05) is 32.8 Å². The molecule has 2 amide bonds. The second-order valence-corrected chi connectivity index (χ2v) is 10.2. The van der Waals surface area contributed by atoms with E-state index in [2.05, 4.69) is 17.6 Å². The number of likely N-dealkylation sites (tertiary alicyclic amines) is 1. The molecule has 10 heteroatoms. The summed E-state index contributed by atoms with van der Waals surface area (Å²) in [7, 11) is 0. The maximum absolute atomic E-state index is 13.8. The predicted octanol–water partition coefficient (Wildman–Crippen LogP) is 1.91. The van der Waals surface area contributed by atoms with E-state index in [9.17, 15) is 23.5 Å². The normalized spacial score (nSPS) is 23.4. The van der Waals surface area contributed by atoms with Crippen molar-refractivity contribution < 1.29 is 33.3 Å². The Morgan fingerprint density at radius 1 is 1.22 bits per heavy atom. The lowest BCUT2D eigenvalue weighted by Gasteiger charge is -2.29. The average Bonchev–Trinajstić information content (AvgIpc) is 3.47. The van der Waals surface area contributed by atoms with Crippen molar-refractivity contribution in [3.8, 4) is 0 Å². The van der Waals surface area contributed by atoms with Crippen LogP contribution < -0.4 is 10.6 Å². The minimum atomic E-state index is -1.03. The van der Waals surface area contributed by atoms with E-state index in [0.717, 1.165) is 31.7 Å². The molecule has 1 unspecified atom stereocenters. The van der Waals surface area contributed by atoms with E-state index in [1.165, 1.54) is 12.1 Å². The fraction of sp³-hybridized carbons (Fsp3) is 0.704. The van der Waals surface area contributed by atoms with Gasteiger partial charge in [0.1, 0.15) is 11.6 Å². The van der Waals surface area contributed by atoms with E-state index < -0.39 is 29.7 Å². The van der Waals surface area contributed by atoms with Crippen LogP contribution in [-0.4, -0.2) is 84.1 Å². The molecule has 3 rings (SSSR count).